The minimum absolute atomic E-state index is 0.294. The number of ether oxygens (including phenoxy) is 1. The van der Waals surface area contributed by atoms with E-state index in [-0.39, 0.29) is 6.61 Å². The molecule has 1 aromatic heterocycles. The Morgan fingerprint density at radius 1 is 1.35 bits per heavy atom. The Morgan fingerprint density at radius 3 is 2.61 bits per heavy atom. The van der Waals surface area contributed by atoms with E-state index >= 15 is 0 Å². The molecule has 0 unspecified atom stereocenters. The van der Waals surface area contributed by atoms with E-state index in [9.17, 15) is 9.59 Å². The Labute approximate surface area is 137 Å². The van der Waals surface area contributed by atoms with Crippen molar-refractivity contribution in [2.45, 2.75) is 25.2 Å². The number of nitrogens with one attached hydrogen (secondary N) is 1. The van der Waals surface area contributed by atoms with Crippen LogP contribution in [0.5, 0.6) is 0 Å². The van der Waals surface area contributed by atoms with Crippen LogP contribution in [0.15, 0.2) is 34.9 Å². The van der Waals surface area contributed by atoms with Crippen molar-refractivity contribution in [3.63, 3.8) is 0 Å². The van der Waals surface area contributed by atoms with E-state index in [4.69, 9.17) is 20.9 Å². The SMILES string of the molecule is Cc1cc(NC(=O)COC(=O)C2(c3ccc(Cl)cc3)CC2)no1. The Hall–Kier alpha value is -2.34. The van der Waals surface area contributed by atoms with E-state index in [1.165, 1.54) is 0 Å². The first-order valence-electron chi connectivity index (χ1n) is 7.16. The third-order valence-electron chi connectivity index (χ3n) is 3.77. The molecule has 1 saturated carbocycles. The number of carbonyl (C=O) groups excluding carboxylic acids is 2. The number of benzene rings is 1. The topological polar surface area (TPSA) is 81.4 Å². The second kappa shape index (κ2) is 6.04. The lowest BCUT2D eigenvalue weighted by atomic mass is 9.96. The van der Waals surface area contributed by atoms with Crippen LogP contribution in [-0.4, -0.2) is 23.6 Å². The summed E-state index contributed by atoms with van der Waals surface area (Å²) in [6.07, 6.45) is 1.41. The molecule has 6 nitrogen and oxygen atoms in total. The van der Waals surface area contributed by atoms with Crippen molar-refractivity contribution in [2.75, 3.05) is 11.9 Å². The number of hydrogen-bond donors (Lipinski definition) is 1. The van der Waals surface area contributed by atoms with E-state index < -0.39 is 17.3 Å². The third-order valence-corrected chi connectivity index (χ3v) is 4.02. The second-order valence-corrected chi connectivity index (χ2v) is 5.97. The number of aryl methyl sites for hydroxylation is 1. The van der Waals surface area contributed by atoms with Gasteiger partial charge in [0.25, 0.3) is 5.91 Å². The van der Waals surface area contributed by atoms with Gasteiger partial charge in [-0.3, -0.25) is 9.59 Å². The highest BCUT2D eigenvalue weighted by Crippen LogP contribution is 2.49. The molecule has 1 N–H and O–H groups in total. The van der Waals surface area contributed by atoms with Crippen LogP contribution in [0.4, 0.5) is 5.82 Å². The third kappa shape index (κ3) is 3.37. The maximum atomic E-state index is 12.3. The summed E-state index contributed by atoms with van der Waals surface area (Å²) in [6.45, 7) is 1.35. The summed E-state index contributed by atoms with van der Waals surface area (Å²) >= 11 is 5.86. The van der Waals surface area contributed by atoms with Crippen molar-refractivity contribution in [3.8, 4) is 0 Å². The molecule has 2 aromatic rings. The molecular weight excluding hydrogens is 320 g/mol. The molecule has 7 heteroatoms. The van der Waals surface area contributed by atoms with Gasteiger partial charge >= 0.3 is 5.97 Å². The number of rotatable bonds is 5. The van der Waals surface area contributed by atoms with Crippen LogP contribution in [0.3, 0.4) is 0 Å². The first kappa shape index (κ1) is 15.6. The number of aromatic nitrogens is 1. The zero-order valence-corrected chi connectivity index (χ0v) is 13.2. The number of nitrogens with zero attached hydrogens (tertiary/aromatic N) is 1. The normalized spacial score (nSPS) is 15.0. The van der Waals surface area contributed by atoms with Crippen LogP contribution in [-0.2, 0) is 19.7 Å². The molecule has 1 aliphatic rings. The highest BCUT2D eigenvalue weighted by atomic mass is 35.5. The molecule has 1 amide bonds. The molecule has 0 aliphatic heterocycles. The van der Waals surface area contributed by atoms with Crippen molar-refractivity contribution < 1.29 is 18.8 Å². The van der Waals surface area contributed by atoms with Gasteiger partial charge in [-0.1, -0.05) is 28.9 Å². The van der Waals surface area contributed by atoms with Crippen LogP contribution in [0.25, 0.3) is 0 Å². The van der Waals surface area contributed by atoms with Crippen LogP contribution < -0.4 is 5.32 Å². The second-order valence-electron chi connectivity index (χ2n) is 5.54. The molecule has 0 bridgehead atoms. The number of anilines is 1. The van der Waals surface area contributed by atoms with E-state index in [1.807, 2.05) is 12.1 Å². The average Bonchev–Trinajstić information content (AvgIpc) is 3.24. The molecule has 1 aliphatic carbocycles. The van der Waals surface area contributed by atoms with Crippen molar-refractivity contribution in [1.29, 1.82) is 0 Å². The summed E-state index contributed by atoms with van der Waals surface area (Å²) in [5.41, 5.74) is 0.217. The van der Waals surface area contributed by atoms with Gasteiger partial charge in [-0.2, -0.15) is 0 Å². The fourth-order valence-electron chi connectivity index (χ4n) is 2.38. The van der Waals surface area contributed by atoms with Crippen LogP contribution in [0, 0.1) is 6.92 Å². The number of halogens is 1. The molecule has 0 radical (unpaired) electrons. The molecule has 1 aromatic carbocycles. The number of esters is 1. The largest absolute Gasteiger partial charge is 0.455 e. The Kier molecular flexibility index (Phi) is 4.09. The maximum Gasteiger partial charge on any atom is 0.317 e. The highest BCUT2D eigenvalue weighted by molar-refractivity contribution is 6.30. The number of carbonyl (C=O) groups is 2. The zero-order chi connectivity index (χ0) is 16.4. The Morgan fingerprint density at radius 2 is 2.04 bits per heavy atom. The molecule has 120 valence electrons. The molecule has 1 fully saturated rings. The Bertz CT molecular complexity index is 735. The predicted octanol–water partition coefficient (Wildman–Crippen LogP) is 2.85. The summed E-state index contributed by atoms with van der Waals surface area (Å²) < 4.78 is 9.99. The average molecular weight is 335 g/mol. The van der Waals surface area contributed by atoms with E-state index in [0.717, 1.165) is 5.56 Å². The van der Waals surface area contributed by atoms with E-state index in [2.05, 4.69) is 10.5 Å². The summed E-state index contributed by atoms with van der Waals surface area (Å²) in [5.74, 6) is 0.0178. The van der Waals surface area contributed by atoms with Crippen LogP contribution in [0.1, 0.15) is 24.2 Å². The van der Waals surface area contributed by atoms with Gasteiger partial charge < -0.3 is 14.6 Å². The van der Waals surface area contributed by atoms with Gasteiger partial charge in [0.05, 0.1) is 5.41 Å². The molecule has 3 rings (SSSR count). The molecule has 1 heterocycles. The van der Waals surface area contributed by atoms with Gasteiger partial charge in [0.15, 0.2) is 12.4 Å². The van der Waals surface area contributed by atoms with Gasteiger partial charge in [0.1, 0.15) is 5.76 Å². The fraction of sp³-hybridized carbons (Fsp3) is 0.312. The lowest BCUT2D eigenvalue weighted by Crippen LogP contribution is -2.28. The molecular formula is C16H15ClN2O4. The van der Waals surface area contributed by atoms with Gasteiger partial charge in [0.2, 0.25) is 0 Å². The summed E-state index contributed by atoms with van der Waals surface area (Å²) in [7, 11) is 0. The van der Waals surface area contributed by atoms with Gasteiger partial charge in [-0.25, -0.2) is 0 Å². The van der Waals surface area contributed by atoms with Gasteiger partial charge in [-0.15, -0.1) is 0 Å². The monoisotopic (exact) mass is 334 g/mol. The highest BCUT2D eigenvalue weighted by Gasteiger charge is 2.52. The van der Waals surface area contributed by atoms with Crippen molar-refractivity contribution in [2.24, 2.45) is 0 Å². The number of amides is 1. The molecule has 0 atom stereocenters. The number of hydrogen-bond acceptors (Lipinski definition) is 5. The summed E-state index contributed by atoms with van der Waals surface area (Å²) in [5, 5.41) is 6.75. The smallest absolute Gasteiger partial charge is 0.317 e. The van der Waals surface area contributed by atoms with Crippen molar-refractivity contribution in [3.05, 3.63) is 46.7 Å². The van der Waals surface area contributed by atoms with Crippen LogP contribution in [0.2, 0.25) is 5.02 Å². The summed E-state index contributed by atoms with van der Waals surface area (Å²) in [4.78, 5) is 24.1. The molecule has 0 spiro atoms. The molecule has 0 saturated heterocycles. The van der Waals surface area contributed by atoms with Crippen molar-refractivity contribution >= 4 is 29.3 Å². The van der Waals surface area contributed by atoms with E-state index in [0.29, 0.717) is 29.4 Å². The fourth-order valence-corrected chi connectivity index (χ4v) is 2.50. The predicted molar refractivity (Wildman–Crippen MR) is 83.2 cm³/mol. The minimum Gasteiger partial charge on any atom is -0.455 e. The van der Waals surface area contributed by atoms with Crippen molar-refractivity contribution in [1.82, 2.24) is 5.16 Å². The van der Waals surface area contributed by atoms with Gasteiger partial charge in [-0.05, 0) is 37.5 Å². The quantitative estimate of drug-likeness (QED) is 0.850. The maximum absolute atomic E-state index is 12.3. The standard InChI is InChI=1S/C16H15ClN2O4/c1-10-8-13(19-23-10)18-14(20)9-22-15(21)16(6-7-16)11-2-4-12(17)5-3-11/h2-5,8H,6-7,9H2,1H3,(H,18,19,20). The lowest BCUT2D eigenvalue weighted by Gasteiger charge is -2.14. The summed E-state index contributed by atoms with van der Waals surface area (Å²) in [6, 6.07) is 8.69. The van der Waals surface area contributed by atoms with Gasteiger partial charge in [0, 0.05) is 11.1 Å². The molecule has 23 heavy (non-hydrogen) atoms. The lowest BCUT2D eigenvalue weighted by molar-refractivity contribution is -0.150. The van der Waals surface area contributed by atoms with Crippen LogP contribution >= 0.6 is 11.6 Å². The van der Waals surface area contributed by atoms with E-state index in [1.54, 1.807) is 25.1 Å². The minimum atomic E-state index is -0.644. The zero-order valence-electron chi connectivity index (χ0n) is 12.5. The first-order chi connectivity index (χ1) is 11.0. The first-order valence-corrected chi connectivity index (χ1v) is 7.54. The Balaban J connectivity index is 1.57.